The summed E-state index contributed by atoms with van der Waals surface area (Å²) in [7, 11) is 5.90. The third kappa shape index (κ3) is 4.60. The molecule has 0 fully saturated rings. The van der Waals surface area contributed by atoms with Crippen molar-refractivity contribution in [1.29, 1.82) is 0 Å². The first-order valence-corrected chi connectivity index (χ1v) is 7.51. The molecule has 0 saturated carbocycles. The summed E-state index contributed by atoms with van der Waals surface area (Å²) in [5.41, 5.74) is 2.58. The molecule has 108 valence electrons. The molecule has 0 radical (unpaired) electrons. The number of thiophene rings is 1. The number of hydrogen-bond acceptors (Lipinski definition) is 4. The summed E-state index contributed by atoms with van der Waals surface area (Å²) in [4.78, 5) is 15.2. The quantitative estimate of drug-likeness (QED) is 0.806. The van der Waals surface area contributed by atoms with E-state index in [0.717, 1.165) is 24.5 Å². The summed E-state index contributed by atoms with van der Waals surface area (Å²) in [5.74, 6) is 0.0942. The molecule has 0 aliphatic carbocycles. The number of anilines is 1. The number of nitrogens with one attached hydrogen (secondary N) is 2. The van der Waals surface area contributed by atoms with E-state index in [9.17, 15) is 4.79 Å². The molecule has 0 aliphatic heterocycles. The van der Waals surface area contributed by atoms with Crippen LogP contribution in [0.3, 0.4) is 0 Å². The Morgan fingerprint density at radius 1 is 1.37 bits per heavy atom. The molecule has 1 amide bonds. The van der Waals surface area contributed by atoms with E-state index >= 15 is 0 Å². The van der Waals surface area contributed by atoms with E-state index in [1.54, 1.807) is 11.3 Å². The van der Waals surface area contributed by atoms with Crippen LogP contribution in [0, 0.1) is 6.92 Å². The number of nitrogens with zero attached hydrogens (tertiary/aromatic N) is 1. The zero-order chi connectivity index (χ0) is 14.4. The fourth-order valence-corrected chi connectivity index (χ4v) is 3.33. The third-order valence-electron chi connectivity index (χ3n) is 3.09. The van der Waals surface area contributed by atoms with Gasteiger partial charge in [-0.15, -0.1) is 11.3 Å². The van der Waals surface area contributed by atoms with Crippen LogP contribution in [0.5, 0.6) is 0 Å². The molecule has 1 heterocycles. The highest BCUT2D eigenvalue weighted by Crippen LogP contribution is 2.33. The molecule has 0 aliphatic rings. The van der Waals surface area contributed by atoms with E-state index in [0.29, 0.717) is 6.42 Å². The van der Waals surface area contributed by atoms with Gasteiger partial charge in [-0.1, -0.05) is 6.92 Å². The Morgan fingerprint density at radius 2 is 2.05 bits per heavy atom. The highest BCUT2D eigenvalue weighted by atomic mass is 32.1. The average molecular weight is 283 g/mol. The van der Waals surface area contributed by atoms with Crippen molar-refractivity contribution in [3.63, 3.8) is 0 Å². The summed E-state index contributed by atoms with van der Waals surface area (Å²) in [6.07, 6.45) is 1.54. The topological polar surface area (TPSA) is 44.4 Å². The van der Waals surface area contributed by atoms with Crippen molar-refractivity contribution in [2.45, 2.75) is 33.2 Å². The van der Waals surface area contributed by atoms with Crippen LogP contribution in [0.4, 0.5) is 5.00 Å². The first kappa shape index (κ1) is 16.1. The number of carbonyl (C=O) groups excluding carboxylic acids is 1. The van der Waals surface area contributed by atoms with Crippen molar-refractivity contribution in [2.24, 2.45) is 0 Å². The van der Waals surface area contributed by atoms with E-state index in [4.69, 9.17) is 0 Å². The van der Waals surface area contributed by atoms with Crippen molar-refractivity contribution in [2.75, 3.05) is 33.0 Å². The molecule has 0 atom stereocenters. The summed E-state index contributed by atoms with van der Waals surface area (Å²) in [5, 5.41) is 7.23. The van der Waals surface area contributed by atoms with Crippen LogP contribution in [0.15, 0.2) is 0 Å². The van der Waals surface area contributed by atoms with E-state index in [2.05, 4.69) is 24.5 Å². The molecule has 0 unspecified atom stereocenters. The van der Waals surface area contributed by atoms with Crippen LogP contribution in [-0.4, -0.2) is 38.5 Å². The minimum absolute atomic E-state index is 0.0942. The van der Waals surface area contributed by atoms with Gasteiger partial charge >= 0.3 is 0 Å². The molecule has 5 heteroatoms. The summed E-state index contributed by atoms with van der Waals surface area (Å²) < 4.78 is 0. The second kappa shape index (κ2) is 7.62. The van der Waals surface area contributed by atoms with Gasteiger partial charge in [0.15, 0.2) is 0 Å². The maximum atomic E-state index is 11.9. The fourth-order valence-electron chi connectivity index (χ4n) is 2.01. The van der Waals surface area contributed by atoms with Crippen molar-refractivity contribution >= 4 is 22.2 Å². The number of hydrogen-bond donors (Lipinski definition) is 2. The number of rotatable bonds is 7. The standard InChI is InChI=1S/C14H25N3OS/c1-6-11-10(2)14(19-12(11)9-15-3)16-13(18)7-8-17(4)5/h15H,6-9H2,1-5H3,(H,16,18). The van der Waals surface area contributed by atoms with Gasteiger partial charge in [-0.05, 0) is 45.6 Å². The Kier molecular flexibility index (Phi) is 6.48. The van der Waals surface area contributed by atoms with Gasteiger partial charge in [-0.2, -0.15) is 0 Å². The maximum absolute atomic E-state index is 11.9. The molecule has 0 bridgehead atoms. The van der Waals surface area contributed by atoms with Crippen molar-refractivity contribution < 1.29 is 4.79 Å². The number of amides is 1. The van der Waals surface area contributed by atoms with Crippen LogP contribution < -0.4 is 10.6 Å². The molecule has 19 heavy (non-hydrogen) atoms. The van der Waals surface area contributed by atoms with Gasteiger partial charge in [-0.25, -0.2) is 0 Å². The lowest BCUT2D eigenvalue weighted by Gasteiger charge is -2.09. The first-order chi connectivity index (χ1) is 8.99. The average Bonchev–Trinajstić information content (AvgIpc) is 2.63. The van der Waals surface area contributed by atoms with Gasteiger partial charge in [0.25, 0.3) is 0 Å². The van der Waals surface area contributed by atoms with Crippen LogP contribution >= 0.6 is 11.3 Å². The van der Waals surface area contributed by atoms with Crippen molar-refractivity contribution in [1.82, 2.24) is 10.2 Å². The molecule has 1 aromatic heterocycles. The monoisotopic (exact) mass is 283 g/mol. The third-order valence-corrected chi connectivity index (χ3v) is 4.33. The van der Waals surface area contributed by atoms with Crippen LogP contribution in [0.1, 0.15) is 29.3 Å². The molecule has 0 saturated heterocycles. The van der Waals surface area contributed by atoms with Crippen molar-refractivity contribution in [3.05, 3.63) is 16.0 Å². The predicted octanol–water partition coefficient (Wildman–Crippen LogP) is 2.23. The fraction of sp³-hybridized carbons (Fsp3) is 0.643. The van der Waals surface area contributed by atoms with Gasteiger partial charge in [0.2, 0.25) is 5.91 Å². The van der Waals surface area contributed by atoms with Gasteiger partial charge in [0.05, 0.1) is 5.00 Å². The molecule has 1 aromatic rings. The Labute approximate surface area is 120 Å². The maximum Gasteiger partial charge on any atom is 0.226 e. The van der Waals surface area contributed by atoms with Crippen molar-refractivity contribution in [3.8, 4) is 0 Å². The zero-order valence-electron chi connectivity index (χ0n) is 12.6. The molecule has 4 nitrogen and oxygen atoms in total. The van der Waals surface area contributed by atoms with Gasteiger partial charge < -0.3 is 15.5 Å². The largest absolute Gasteiger partial charge is 0.317 e. The molecule has 1 rings (SSSR count). The minimum Gasteiger partial charge on any atom is -0.317 e. The predicted molar refractivity (Wildman–Crippen MR) is 83.0 cm³/mol. The smallest absolute Gasteiger partial charge is 0.226 e. The van der Waals surface area contributed by atoms with Gasteiger partial charge in [-0.3, -0.25) is 4.79 Å². The first-order valence-electron chi connectivity index (χ1n) is 6.69. The molecule has 0 spiro atoms. The van der Waals surface area contributed by atoms with Crippen LogP contribution in [-0.2, 0) is 17.8 Å². The van der Waals surface area contributed by atoms with E-state index in [-0.39, 0.29) is 5.91 Å². The molecular formula is C14H25N3OS. The Hall–Kier alpha value is -0.910. The second-order valence-corrected chi connectivity index (χ2v) is 6.05. The van der Waals surface area contributed by atoms with Crippen LogP contribution in [0.25, 0.3) is 0 Å². The van der Waals surface area contributed by atoms with Gasteiger partial charge in [0.1, 0.15) is 0 Å². The molecule has 2 N–H and O–H groups in total. The Morgan fingerprint density at radius 3 is 2.58 bits per heavy atom. The minimum atomic E-state index is 0.0942. The second-order valence-electron chi connectivity index (χ2n) is 4.94. The van der Waals surface area contributed by atoms with E-state index in [1.165, 1.54) is 16.0 Å². The Balaban J connectivity index is 2.75. The highest BCUT2D eigenvalue weighted by Gasteiger charge is 2.14. The zero-order valence-corrected chi connectivity index (χ0v) is 13.4. The SMILES string of the molecule is CCc1c(CNC)sc(NC(=O)CCN(C)C)c1C. The summed E-state index contributed by atoms with van der Waals surface area (Å²) in [6, 6.07) is 0. The lowest BCUT2D eigenvalue weighted by molar-refractivity contribution is -0.116. The van der Waals surface area contributed by atoms with Gasteiger partial charge in [0, 0.05) is 24.4 Å². The lowest BCUT2D eigenvalue weighted by atomic mass is 10.1. The number of carbonyl (C=O) groups is 1. The molecule has 0 aromatic carbocycles. The summed E-state index contributed by atoms with van der Waals surface area (Å²) >= 11 is 1.69. The molecular weight excluding hydrogens is 258 g/mol. The lowest BCUT2D eigenvalue weighted by Crippen LogP contribution is -2.20. The van der Waals surface area contributed by atoms with Crippen LogP contribution in [0.2, 0.25) is 0 Å². The normalized spacial score (nSPS) is 11.1. The van der Waals surface area contributed by atoms with E-state index < -0.39 is 0 Å². The van der Waals surface area contributed by atoms with E-state index in [1.807, 2.05) is 26.0 Å². The summed E-state index contributed by atoms with van der Waals surface area (Å²) in [6.45, 7) is 5.89. The Bertz CT molecular complexity index is 427. The highest BCUT2D eigenvalue weighted by molar-refractivity contribution is 7.16.